The summed E-state index contributed by atoms with van der Waals surface area (Å²) in [5.74, 6) is 0. The zero-order valence-corrected chi connectivity index (χ0v) is 11.5. The minimum absolute atomic E-state index is 0.360. The van der Waals surface area contributed by atoms with Crippen LogP contribution in [0.4, 0.5) is 11.4 Å². The lowest BCUT2D eigenvalue weighted by atomic mass is 10.0. The van der Waals surface area contributed by atoms with Gasteiger partial charge in [-0.1, -0.05) is 42.5 Å². The van der Waals surface area contributed by atoms with Crippen molar-refractivity contribution in [1.29, 1.82) is 0 Å². The van der Waals surface area contributed by atoms with E-state index in [9.17, 15) is 0 Å². The van der Waals surface area contributed by atoms with Crippen LogP contribution in [-0.2, 0) is 0 Å². The van der Waals surface area contributed by atoms with Crippen LogP contribution in [0.3, 0.4) is 0 Å². The van der Waals surface area contributed by atoms with E-state index in [-0.39, 0.29) is 0 Å². The predicted octanol–water partition coefficient (Wildman–Crippen LogP) is 4.07. The SMILES string of the molecule is CC(C)N1C[C@H](c2ccccc2)Nc2ccccc21. The molecular weight excluding hydrogens is 232 g/mol. The van der Waals surface area contributed by atoms with Crippen molar-refractivity contribution >= 4 is 11.4 Å². The van der Waals surface area contributed by atoms with Crippen molar-refractivity contribution in [3.8, 4) is 0 Å². The van der Waals surface area contributed by atoms with E-state index in [0.717, 1.165) is 6.54 Å². The largest absolute Gasteiger partial charge is 0.375 e. The molecule has 3 rings (SSSR count). The second-order valence-corrected chi connectivity index (χ2v) is 5.37. The molecule has 1 atom stereocenters. The van der Waals surface area contributed by atoms with Crippen molar-refractivity contribution in [2.75, 3.05) is 16.8 Å². The Balaban J connectivity index is 1.97. The van der Waals surface area contributed by atoms with Gasteiger partial charge in [0.05, 0.1) is 17.4 Å². The number of nitrogens with zero attached hydrogens (tertiary/aromatic N) is 1. The molecule has 0 spiro atoms. The van der Waals surface area contributed by atoms with Crippen LogP contribution < -0.4 is 10.2 Å². The Bertz CT molecular complexity index is 548. The van der Waals surface area contributed by atoms with Gasteiger partial charge in [0.2, 0.25) is 0 Å². The number of nitrogens with one attached hydrogen (secondary N) is 1. The van der Waals surface area contributed by atoms with Gasteiger partial charge < -0.3 is 10.2 Å². The first kappa shape index (κ1) is 12.1. The molecule has 2 heteroatoms. The van der Waals surface area contributed by atoms with Crippen molar-refractivity contribution in [1.82, 2.24) is 0 Å². The molecule has 2 aromatic rings. The van der Waals surface area contributed by atoms with Crippen LogP contribution in [0, 0.1) is 0 Å². The van der Waals surface area contributed by atoms with E-state index in [1.54, 1.807) is 0 Å². The topological polar surface area (TPSA) is 15.3 Å². The molecule has 1 aliphatic heterocycles. The van der Waals surface area contributed by atoms with E-state index < -0.39 is 0 Å². The summed E-state index contributed by atoms with van der Waals surface area (Å²) in [4.78, 5) is 2.48. The van der Waals surface area contributed by atoms with Gasteiger partial charge in [-0.15, -0.1) is 0 Å². The number of hydrogen-bond donors (Lipinski definition) is 1. The fraction of sp³-hybridized carbons (Fsp3) is 0.294. The van der Waals surface area contributed by atoms with E-state index >= 15 is 0 Å². The van der Waals surface area contributed by atoms with Gasteiger partial charge in [0, 0.05) is 12.6 Å². The monoisotopic (exact) mass is 252 g/mol. The molecule has 0 aromatic heterocycles. The summed E-state index contributed by atoms with van der Waals surface area (Å²) in [5, 5.41) is 3.66. The van der Waals surface area contributed by atoms with Crippen molar-refractivity contribution < 1.29 is 0 Å². The molecule has 2 nitrogen and oxygen atoms in total. The summed E-state index contributed by atoms with van der Waals surface area (Å²) in [6.45, 7) is 5.52. The standard InChI is InChI=1S/C17H20N2/c1-13(2)19-12-16(14-8-4-3-5-9-14)18-15-10-6-7-11-17(15)19/h3-11,13,16,18H,12H2,1-2H3/t16-/m1/s1. The van der Waals surface area contributed by atoms with Crippen molar-refractivity contribution in [2.24, 2.45) is 0 Å². The fourth-order valence-corrected chi connectivity index (χ4v) is 2.74. The summed E-state index contributed by atoms with van der Waals surface area (Å²) in [7, 11) is 0. The van der Waals surface area contributed by atoms with Crippen LogP contribution in [0.15, 0.2) is 54.6 Å². The molecule has 0 saturated carbocycles. The molecule has 0 radical (unpaired) electrons. The van der Waals surface area contributed by atoms with E-state index in [1.165, 1.54) is 16.9 Å². The first-order chi connectivity index (χ1) is 9.25. The maximum absolute atomic E-state index is 3.66. The lowest BCUT2D eigenvalue weighted by molar-refractivity contribution is 0.617. The lowest BCUT2D eigenvalue weighted by Crippen LogP contribution is -2.40. The van der Waals surface area contributed by atoms with Crippen molar-refractivity contribution in [3.05, 3.63) is 60.2 Å². The third kappa shape index (κ3) is 2.30. The number of fused-ring (bicyclic) bond motifs is 1. The second-order valence-electron chi connectivity index (χ2n) is 5.37. The zero-order valence-electron chi connectivity index (χ0n) is 11.5. The van der Waals surface area contributed by atoms with Crippen LogP contribution in [0.2, 0.25) is 0 Å². The van der Waals surface area contributed by atoms with Crippen LogP contribution in [0.1, 0.15) is 25.5 Å². The van der Waals surface area contributed by atoms with Crippen molar-refractivity contribution in [3.63, 3.8) is 0 Å². The first-order valence-corrected chi connectivity index (χ1v) is 6.93. The molecule has 1 N–H and O–H groups in total. The molecule has 19 heavy (non-hydrogen) atoms. The molecule has 0 aliphatic carbocycles. The van der Waals surface area contributed by atoms with E-state index in [4.69, 9.17) is 0 Å². The molecular formula is C17H20N2. The molecule has 0 saturated heterocycles. The number of hydrogen-bond acceptors (Lipinski definition) is 2. The number of benzene rings is 2. The van der Waals surface area contributed by atoms with Gasteiger partial charge in [0.25, 0.3) is 0 Å². The second kappa shape index (κ2) is 4.96. The van der Waals surface area contributed by atoms with Gasteiger partial charge in [0.1, 0.15) is 0 Å². The van der Waals surface area contributed by atoms with Gasteiger partial charge >= 0.3 is 0 Å². The van der Waals surface area contributed by atoms with Crippen molar-refractivity contribution in [2.45, 2.75) is 25.9 Å². The number of anilines is 2. The highest BCUT2D eigenvalue weighted by Crippen LogP contribution is 2.36. The average molecular weight is 252 g/mol. The Morgan fingerprint density at radius 1 is 1.00 bits per heavy atom. The van der Waals surface area contributed by atoms with Crippen LogP contribution in [-0.4, -0.2) is 12.6 Å². The third-order valence-electron chi connectivity index (χ3n) is 3.75. The fourth-order valence-electron chi connectivity index (χ4n) is 2.74. The van der Waals surface area contributed by atoms with Gasteiger partial charge in [-0.25, -0.2) is 0 Å². The third-order valence-corrected chi connectivity index (χ3v) is 3.75. The molecule has 98 valence electrons. The highest BCUT2D eigenvalue weighted by molar-refractivity contribution is 5.73. The Kier molecular flexibility index (Phi) is 3.16. The maximum Gasteiger partial charge on any atom is 0.0689 e. The Hall–Kier alpha value is -1.96. The molecule has 0 amide bonds. The quantitative estimate of drug-likeness (QED) is 0.866. The van der Waals surface area contributed by atoms with E-state index in [1.807, 2.05) is 0 Å². The average Bonchev–Trinajstić information content (AvgIpc) is 2.47. The summed E-state index contributed by atoms with van der Waals surface area (Å²) < 4.78 is 0. The van der Waals surface area contributed by atoms with Gasteiger partial charge in [-0.2, -0.15) is 0 Å². The van der Waals surface area contributed by atoms with Crippen LogP contribution >= 0.6 is 0 Å². The van der Waals surface area contributed by atoms with E-state index in [0.29, 0.717) is 12.1 Å². The molecule has 0 bridgehead atoms. The number of rotatable bonds is 2. The first-order valence-electron chi connectivity index (χ1n) is 6.93. The van der Waals surface area contributed by atoms with E-state index in [2.05, 4.69) is 78.7 Å². The smallest absolute Gasteiger partial charge is 0.0689 e. The molecule has 0 fully saturated rings. The Morgan fingerprint density at radius 3 is 2.42 bits per heavy atom. The molecule has 1 heterocycles. The number of para-hydroxylation sites is 2. The van der Waals surface area contributed by atoms with Crippen LogP contribution in [0.5, 0.6) is 0 Å². The summed E-state index contributed by atoms with van der Waals surface area (Å²) >= 11 is 0. The highest BCUT2D eigenvalue weighted by Gasteiger charge is 2.25. The minimum Gasteiger partial charge on any atom is -0.375 e. The minimum atomic E-state index is 0.360. The van der Waals surface area contributed by atoms with Gasteiger partial charge in [-0.05, 0) is 31.5 Å². The molecule has 1 aliphatic rings. The highest BCUT2D eigenvalue weighted by atomic mass is 15.2. The predicted molar refractivity (Wildman–Crippen MR) is 81.7 cm³/mol. The maximum atomic E-state index is 3.66. The molecule has 0 unspecified atom stereocenters. The Morgan fingerprint density at radius 2 is 1.68 bits per heavy atom. The lowest BCUT2D eigenvalue weighted by Gasteiger charge is -2.40. The normalized spacial score (nSPS) is 18.1. The Labute approximate surface area is 115 Å². The van der Waals surface area contributed by atoms with Gasteiger partial charge in [-0.3, -0.25) is 0 Å². The summed E-state index contributed by atoms with van der Waals surface area (Å²) in [5.41, 5.74) is 3.89. The summed E-state index contributed by atoms with van der Waals surface area (Å²) in [6.07, 6.45) is 0. The summed E-state index contributed by atoms with van der Waals surface area (Å²) in [6, 6.07) is 20.1. The van der Waals surface area contributed by atoms with Gasteiger partial charge in [0.15, 0.2) is 0 Å². The van der Waals surface area contributed by atoms with Crippen LogP contribution in [0.25, 0.3) is 0 Å². The zero-order chi connectivity index (χ0) is 13.2. The molecule has 2 aromatic carbocycles.